The number of halogens is 1. The van der Waals surface area contributed by atoms with E-state index in [4.69, 9.17) is 9.30 Å². The van der Waals surface area contributed by atoms with Crippen LogP contribution in [0.5, 0.6) is 0 Å². The van der Waals surface area contributed by atoms with E-state index in [2.05, 4.69) is 25.9 Å². The molecule has 2 radical (unpaired) electrons. The molecule has 5 heteroatoms. The van der Waals surface area contributed by atoms with E-state index < -0.39 is 0 Å². The van der Waals surface area contributed by atoms with Crippen molar-refractivity contribution in [2.45, 2.75) is 4.90 Å². The van der Waals surface area contributed by atoms with Gasteiger partial charge in [-0.2, -0.15) is 4.90 Å². The van der Waals surface area contributed by atoms with Gasteiger partial charge in [0.15, 0.2) is 0 Å². The Hall–Kier alpha value is -1.02. The predicted octanol–water partition coefficient (Wildman–Crippen LogP) is 2.82. The molecule has 0 N–H and O–H groups in total. The van der Waals surface area contributed by atoms with E-state index in [1.165, 1.54) is 12.1 Å². The van der Waals surface area contributed by atoms with Gasteiger partial charge in [0.2, 0.25) is 0 Å². The van der Waals surface area contributed by atoms with Crippen LogP contribution in [0.2, 0.25) is 0 Å². The molecule has 0 bridgehead atoms. The zero-order valence-electron chi connectivity index (χ0n) is 9.15. The molecule has 0 atom stereocenters. The van der Waals surface area contributed by atoms with Gasteiger partial charge in [0.1, 0.15) is 5.82 Å². The molecule has 1 aromatic rings. The first-order valence-corrected chi connectivity index (χ1v) is 4.70. The number of rotatable bonds is 0. The first kappa shape index (κ1) is 22.2. The Morgan fingerprint density at radius 2 is 1.78 bits per heavy atom. The maximum absolute atomic E-state index is 12.1. The van der Waals surface area contributed by atoms with Crippen molar-refractivity contribution in [2.75, 3.05) is 0 Å². The van der Waals surface area contributed by atoms with E-state index in [1.54, 1.807) is 12.1 Å². The van der Waals surface area contributed by atoms with Gasteiger partial charge in [0.05, 0.1) is 0 Å². The molecule has 0 fully saturated rings. The van der Waals surface area contributed by atoms with Crippen molar-refractivity contribution in [1.29, 1.82) is 0 Å². The van der Waals surface area contributed by atoms with Gasteiger partial charge in [-0.05, 0) is 12.1 Å². The van der Waals surface area contributed by atoms with Crippen LogP contribution in [0.4, 0.5) is 4.39 Å². The van der Waals surface area contributed by atoms with E-state index >= 15 is 0 Å². The number of hydrogen-bond donors (Lipinski definition) is 0. The van der Waals surface area contributed by atoms with E-state index in [9.17, 15) is 4.39 Å². The fourth-order valence-corrected chi connectivity index (χ4v) is 0.979. The zero-order chi connectivity index (χ0) is 13.5. The summed E-state index contributed by atoms with van der Waals surface area (Å²) in [5.74, 6) is -0.266. The summed E-state index contributed by atoms with van der Waals surface area (Å²) in [6, 6.07) is 5.96. The van der Waals surface area contributed by atoms with E-state index in [1.807, 2.05) is 31.4 Å². The fourth-order valence-electron chi connectivity index (χ4n) is 0.788. The molecule has 0 unspecified atom stereocenters. The molecule has 2 rings (SSSR count). The van der Waals surface area contributed by atoms with Gasteiger partial charge in [0.25, 0.3) is 0 Å². The summed E-state index contributed by atoms with van der Waals surface area (Å²) in [4.78, 5) is 0.546. The molecular formula is C13H9FFeO2S. The van der Waals surface area contributed by atoms with E-state index in [-0.39, 0.29) is 22.9 Å². The van der Waals surface area contributed by atoms with E-state index in [0.29, 0.717) is 4.90 Å². The third-order valence-electron chi connectivity index (χ3n) is 1.35. The minimum absolute atomic E-state index is 0. The van der Waals surface area contributed by atoms with Gasteiger partial charge in [-0.1, -0.05) is 12.1 Å². The van der Waals surface area contributed by atoms with Crippen molar-refractivity contribution < 1.29 is 30.8 Å². The molecule has 0 aliphatic heterocycles. The molecule has 0 saturated heterocycles. The average molecular weight is 304 g/mol. The summed E-state index contributed by atoms with van der Waals surface area (Å²) in [6.45, 7) is 9.00. The van der Waals surface area contributed by atoms with Crippen molar-refractivity contribution >= 4 is 12.6 Å². The van der Waals surface area contributed by atoms with Crippen LogP contribution >= 0.6 is 0 Å². The Labute approximate surface area is 123 Å². The van der Waals surface area contributed by atoms with Crippen molar-refractivity contribution in [2.24, 2.45) is 0 Å². The predicted molar refractivity (Wildman–Crippen MR) is 61.9 cm³/mol. The molecule has 1 aliphatic carbocycles. The summed E-state index contributed by atoms with van der Waals surface area (Å²) in [6.07, 6.45) is 10.0. The molecule has 18 heavy (non-hydrogen) atoms. The van der Waals surface area contributed by atoms with Crippen LogP contribution in [0, 0.1) is 38.4 Å². The van der Waals surface area contributed by atoms with Crippen LogP contribution in [-0.2, 0) is 39.0 Å². The molecule has 1 aromatic carbocycles. The average Bonchev–Trinajstić information content (AvgIpc) is 2.93. The standard InChI is InChI=1S/C6H5FS.C5H5.2CO.Fe/c7-5-2-1-3-6(8)4-5;1-2-4-5-3-1;2*1-2;/h1-4,8H;1-5H;;;/q;-1;;;+2/p-1. The Morgan fingerprint density at radius 1 is 1.17 bits per heavy atom. The Morgan fingerprint density at radius 3 is 2.00 bits per heavy atom. The largest absolute Gasteiger partial charge is 2.00 e. The zero-order valence-corrected chi connectivity index (χ0v) is 11.1. The van der Waals surface area contributed by atoms with Crippen LogP contribution in [0.1, 0.15) is 0 Å². The molecule has 0 aromatic heterocycles. The fraction of sp³-hybridized carbons (Fsp3) is 0. The van der Waals surface area contributed by atoms with Gasteiger partial charge in [-0.15, -0.1) is 12.8 Å². The van der Waals surface area contributed by atoms with E-state index in [0.717, 1.165) is 0 Å². The van der Waals surface area contributed by atoms with Crippen molar-refractivity contribution in [3.05, 3.63) is 74.8 Å². The minimum Gasteiger partial charge on any atom is -0.231 e. The summed E-state index contributed by atoms with van der Waals surface area (Å²) in [7, 11) is 0. The normalized spacial score (nSPS) is 9.61. The molecule has 1 aliphatic rings. The SMILES string of the molecule is Fc1cccc([S-])c1.[C-]#[O+].[C-]#[O+].[CH]1[CH][CH-]C=C1.[Fe+2]. The monoisotopic (exact) mass is 304 g/mol. The smallest absolute Gasteiger partial charge is 0.231 e. The van der Waals surface area contributed by atoms with Crippen LogP contribution in [0.15, 0.2) is 41.3 Å². The van der Waals surface area contributed by atoms with Crippen molar-refractivity contribution in [1.82, 2.24) is 0 Å². The molecule has 0 saturated carbocycles. The van der Waals surface area contributed by atoms with Crippen molar-refractivity contribution in [3.8, 4) is 0 Å². The van der Waals surface area contributed by atoms with Crippen LogP contribution in [0.25, 0.3) is 0 Å². The quantitative estimate of drug-likeness (QED) is 0.314. The molecule has 0 amide bonds. The second-order valence-electron chi connectivity index (χ2n) is 2.42. The Kier molecular flexibility index (Phi) is 22.6. The van der Waals surface area contributed by atoms with Crippen LogP contribution < -0.4 is 0 Å². The minimum atomic E-state index is -0.266. The third-order valence-corrected chi connectivity index (χ3v) is 1.61. The third kappa shape index (κ3) is 15.0. The topological polar surface area (TPSA) is 39.8 Å². The van der Waals surface area contributed by atoms with Crippen LogP contribution in [-0.4, -0.2) is 0 Å². The first-order chi connectivity index (χ1) is 8.29. The summed E-state index contributed by atoms with van der Waals surface area (Å²) in [5.41, 5.74) is 0. The second-order valence-corrected chi connectivity index (χ2v) is 2.89. The number of hydrogen-bond acceptors (Lipinski definition) is 1. The van der Waals surface area contributed by atoms with Gasteiger partial charge in [-0.25, -0.2) is 23.0 Å². The Balaban J connectivity index is -0.000000196. The number of allylic oxidation sites excluding steroid dienone is 2. The second kappa shape index (κ2) is 18.3. The molecule has 0 heterocycles. The Bertz CT molecular complexity index is 335. The summed E-state index contributed by atoms with van der Waals surface area (Å²) < 4.78 is 27.1. The van der Waals surface area contributed by atoms with Crippen molar-refractivity contribution in [3.63, 3.8) is 0 Å². The maximum Gasteiger partial charge on any atom is 2.00 e. The maximum atomic E-state index is 12.1. The summed E-state index contributed by atoms with van der Waals surface area (Å²) in [5, 5.41) is 0. The molecular weight excluding hydrogens is 295 g/mol. The molecule has 94 valence electrons. The molecule has 2 nitrogen and oxygen atoms in total. The molecule has 0 spiro atoms. The van der Waals surface area contributed by atoms with Gasteiger partial charge >= 0.3 is 39.7 Å². The van der Waals surface area contributed by atoms with Gasteiger partial charge < -0.3 is 12.6 Å². The van der Waals surface area contributed by atoms with Gasteiger partial charge in [-0.3, -0.25) is 0 Å². The number of benzene rings is 1. The first-order valence-electron chi connectivity index (χ1n) is 4.29. The summed E-state index contributed by atoms with van der Waals surface area (Å²) >= 11 is 4.66. The van der Waals surface area contributed by atoms with Gasteiger partial charge in [0, 0.05) is 0 Å². The van der Waals surface area contributed by atoms with Crippen LogP contribution in [0.3, 0.4) is 0 Å².